The summed E-state index contributed by atoms with van der Waals surface area (Å²) in [6, 6.07) is -0.500. The minimum atomic E-state index is -0.500. The Labute approximate surface area is 104 Å². The maximum absolute atomic E-state index is 11.5. The number of hydrogen-bond acceptors (Lipinski definition) is 4. The second-order valence-electron chi connectivity index (χ2n) is 5.05. The molecule has 0 aliphatic carbocycles. The van der Waals surface area contributed by atoms with Crippen molar-refractivity contribution in [2.75, 3.05) is 26.2 Å². The van der Waals surface area contributed by atoms with E-state index in [2.05, 4.69) is 18.7 Å². The summed E-state index contributed by atoms with van der Waals surface area (Å²) in [6.07, 6.45) is 3.62. The Hall–Kier alpha value is -0.610. The van der Waals surface area contributed by atoms with Gasteiger partial charge in [-0.15, -0.1) is 0 Å². The van der Waals surface area contributed by atoms with Gasteiger partial charge >= 0.3 is 5.97 Å². The molecule has 4 heteroatoms. The van der Waals surface area contributed by atoms with Crippen molar-refractivity contribution in [1.82, 2.24) is 4.90 Å². The highest BCUT2D eigenvalue weighted by Gasteiger charge is 2.35. The predicted molar refractivity (Wildman–Crippen MR) is 68.7 cm³/mol. The van der Waals surface area contributed by atoms with Crippen LogP contribution in [0.5, 0.6) is 0 Å². The zero-order chi connectivity index (χ0) is 12.9. The third-order valence-corrected chi connectivity index (χ3v) is 4.06. The summed E-state index contributed by atoms with van der Waals surface area (Å²) in [7, 11) is 0. The fourth-order valence-electron chi connectivity index (χ4n) is 2.61. The quantitative estimate of drug-likeness (QED) is 0.715. The van der Waals surface area contributed by atoms with Crippen LogP contribution in [0.4, 0.5) is 0 Å². The van der Waals surface area contributed by atoms with E-state index in [1.165, 1.54) is 19.3 Å². The van der Waals surface area contributed by atoms with Gasteiger partial charge in [0.2, 0.25) is 0 Å². The summed E-state index contributed by atoms with van der Waals surface area (Å²) in [4.78, 5) is 13.8. The van der Waals surface area contributed by atoms with E-state index >= 15 is 0 Å². The first kappa shape index (κ1) is 14.5. The molecule has 1 aliphatic heterocycles. The lowest BCUT2D eigenvalue weighted by atomic mass is 9.82. The summed E-state index contributed by atoms with van der Waals surface area (Å²) in [6.45, 7) is 9.44. The predicted octanol–water partition coefficient (Wildman–Crippen LogP) is 1.39. The van der Waals surface area contributed by atoms with Crippen LogP contribution in [-0.2, 0) is 9.53 Å². The molecule has 1 fully saturated rings. The van der Waals surface area contributed by atoms with Crippen molar-refractivity contribution < 1.29 is 9.53 Å². The van der Waals surface area contributed by atoms with E-state index in [0.29, 0.717) is 18.6 Å². The molecule has 0 aromatic carbocycles. The van der Waals surface area contributed by atoms with Crippen molar-refractivity contribution in [3.63, 3.8) is 0 Å². The standard InChI is InChI=1S/C13H26N2O2/c1-4-13(5-2)7-8-15(10-13)9-11(14)12(16)17-6-3/h11H,4-10,14H2,1-3H3. The van der Waals surface area contributed by atoms with Crippen LogP contribution in [0.2, 0.25) is 0 Å². The molecule has 1 unspecified atom stereocenters. The SMILES string of the molecule is CCOC(=O)C(N)CN1CCC(CC)(CC)C1. The van der Waals surface area contributed by atoms with Gasteiger partial charge in [-0.05, 0) is 38.1 Å². The number of likely N-dealkylation sites (tertiary alicyclic amines) is 1. The Morgan fingerprint density at radius 2 is 2.06 bits per heavy atom. The Kier molecular flexibility index (Phi) is 5.40. The van der Waals surface area contributed by atoms with Crippen LogP contribution in [0.25, 0.3) is 0 Å². The lowest BCUT2D eigenvalue weighted by Gasteiger charge is -2.27. The molecule has 0 amide bonds. The first-order valence-corrected chi connectivity index (χ1v) is 6.71. The van der Waals surface area contributed by atoms with Gasteiger partial charge in [0.15, 0.2) is 0 Å². The molecule has 0 saturated carbocycles. The summed E-state index contributed by atoms with van der Waals surface area (Å²) >= 11 is 0. The minimum absolute atomic E-state index is 0.280. The molecule has 1 rings (SSSR count). The highest BCUT2D eigenvalue weighted by molar-refractivity contribution is 5.75. The van der Waals surface area contributed by atoms with Crippen molar-refractivity contribution in [3.05, 3.63) is 0 Å². The van der Waals surface area contributed by atoms with Crippen LogP contribution >= 0.6 is 0 Å². The van der Waals surface area contributed by atoms with Crippen molar-refractivity contribution in [2.45, 2.75) is 46.1 Å². The van der Waals surface area contributed by atoms with Crippen molar-refractivity contribution >= 4 is 5.97 Å². The molecule has 1 atom stereocenters. The van der Waals surface area contributed by atoms with Gasteiger partial charge < -0.3 is 15.4 Å². The van der Waals surface area contributed by atoms with E-state index < -0.39 is 6.04 Å². The Morgan fingerprint density at radius 1 is 1.41 bits per heavy atom. The van der Waals surface area contributed by atoms with Crippen molar-refractivity contribution in [2.24, 2.45) is 11.1 Å². The average molecular weight is 242 g/mol. The van der Waals surface area contributed by atoms with Crippen LogP contribution in [0.15, 0.2) is 0 Å². The van der Waals surface area contributed by atoms with Crippen molar-refractivity contribution in [3.8, 4) is 0 Å². The molecule has 0 aromatic rings. The van der Waals surface area contributed by atoms with E-state index in [-0.39, 0.29) is 5.97 Å². The van der Waals surface area contributed by atoms with Gasteiger partial charge in [-0.1, -0.05) is 13.8 Å². The lowest BCUT2D eigenvalue weighted by Crippen LogP contribution is -2.43. The van der Waals surface area contributed by atoms with Crippen LogP contribution in [0.1, 0.15) is 40.0 Å². The first-order chi connectivity index (χ1) is 8.06. The molecule has 2 N–H and O–H groups in total. The summed E-state index contributed by atoms with van der Waals surface area (Å²) in [5, 5.41) is 0. The van der Waals surface area contributed by atoms with Crippen LogP contribution < -0.4 is 5.73 Å². The van der Waals surface area contributed by atoms with Crippen LogP contribution in [0, 0.1) is 5.41 Å². The van der Waals surface area contributed by atoms with Gasteiger partial charge in [-0.25, -0.2) is 0 Å². The molecular weight excluding hydrogens is 216 g/mol. The van der Waals surface area contributed by atoms with Gasteiger partial charge in [0.05, 0.1) is 6.61 Å². The number of esters is 1. The molecule has 0 aromatic heterocycles. The highest BCUT2D eigenvalue weighted by atomic mass is 16.5. The summed E-state index contributed by atoms with van der Waals surface area (Å²) < 4.78 is 4.93. The molecule has 100 valence electrons. The van der Waals surface area contributed by atoms with Crippen molar-refractivity contribution in [1.29, 1.82) is 0 Å². The molecule has 1 saturated heterocycles. The fourth-order valence-corrected chi connectivity index (χ4v) is 2.61. The first-order valence-electron chi connectivity index (χ1n) is 6.71. The molecule has 1 heterocycles. The highest BCUT2D eigenvalue weighted by Crippen LogP contribution is 2.36. The largest absolute Gasteiger partial charge is 0.465 e. The minimum Gasteiger partial charge on any atom is -0.465 e. The van der Waals surface area contributed by atoms with Gasteiger partial charge in [0, 0.05) is 13.1 Å². The molecular formula is C13H26N2O2. The average Bonchev–Trinajstić information content (AvgIpc) is 2.73. The molecule has 17 heavy (non-hydrogen) atoms. The molecule has 1 aliphatic rings. The topological polar surface area (TPSA) is 55.6 Å². The zero-order valence-corrected chi connectivity index (χ0v) is 11.4. The van der Waals surface area contributed by atoms with E-state index in [4.69, 9.17) is 10.5 Å². The van der Waals surface area contributed by atoms with Gasteiger partial charge in [-0.3, -0.25) is 4.79 Å². The number of nitrogens with zero attached hydrogens (tertiary/aromatic N) is 1. The van der Waals surface area contributed by atoms with E-state index in [0.717, 1.165) is 13.1 Å². The van der Waals surface area contributed by atoms with Crippen LogP contribution in [-0.4, -0.2) is 43.2 Å². The van der Waals surface area contributed by atoms with Gasteiger partial charge in [0.1, 0.15) is 6.04 Å². The Morgan fingerprint density at radius 3 is 2.53 bits per heavy atom. The maximum Gasteiger partial charge on any atom is 0.324 e. The van der Waals surface area contributed by atoms with Gasteiger partial charge in [-0.2, -0.15) is 0 Å². The smallest absolute Gasteiger partial charge is 0.324 e. The summed E-state index contributed by atoms with van der Waals surface area (Å²) in [5.74, 6) is -0.280. The number of nitrogens with two attached hydrogens (primary N) is 1. The molecule has 0 spiro atoms. The van der Waals surface area contributed by atoms with E-state index in [9.17, 15) is 4.79 Å². The summed E-state index contributed by atoms with van der Waals surface area (Å²) in [5.41, 5.74) is 6.28. The Balaban J connectivity index is 2.42. The molecule has 4 nitrogen and oxygen atoms in total. The molecule has 0 radical (unpaired) electrons. The second-order valence-corrected chi connectivity index (χ2v) is 5.05. The Bertz CT molecular complexity index is 252. The molecule has 0 bridgehead atoms. The third-order valence-electron chi connectivity index (χ3n) is 4.06. The number of ether oxygens (including phenoxy) is 1. The van der Waals surface area contributed by atoms with Gasteiger partial charge in [0.25, 0.3) is 0 Å². The number of hydrogen-bond donors (Lipinski definition) is 1. The third kappa shape index (κ3) is 3.68. The second kappa shape index (κ2) is 6.36. The normalized spacial score (nSPS) is 21.4. The number of carbonyl (C=O) groups excluding carboxylic acids is 1. The van der Waals surface area contributed by atoms with Crippen LogP contribution in [0.3, 0.4) is 0 Å². The zero-order valence-electron chi connectivity index (χ0n) is 11.4. The van der Waals surface area contributed by atoms with E-state index in [1.807, 2.05) is 0 Å². The monoisotopic (exact) mass is 242 g/mol. The number of rotatable bonds is 6. The fraction of sp³-hybridized carbons (Fsp3) is 0.923. The lowest BCUT2D eigenvalue weighted by molar-refractivity contribution is -0.145. The van der Waals surface area contributed by atoms with E-state index in [1.54, 1.807) is 6.92 Å². The maximum atomic E-state index is 11.5. The number of carbonyl (C=O) groups is 1.